The molecule has 0 saturated carbocycles. The second-order valence-corrected chi connectivity index (χ2v) is 9.11. The van der Waals surface area contributed by atoms with Crippen molar-refractivity contribution in [1.29, 1.82) is 0 Å². The molecule has 0 aromatic heterocycles. The fourth-order valence-corrected chi connectivity index (χ4v) is 3.96. The highest BCUT2D eigenvalue weighted by atomic mass is 35.5. The molecule has 0 fully saturated rings. The zero-order valence-corrected chi connectivity index (χ0v) is 19.7. The molecule has 32 heavy (non-hydrogen) atoms. The Morgan fingerprint density at radius 3 is 2.28 bits per heavy atom. The van der Waals surface area contributed by atoms with E-state index < -0.39 is 28.5 Å². The van der Waals surface area contributed by atoms with Gasteiger partial charge in [0, 0.05) is 19.8 Å². The molecule has 11 heteroatoms. The number of sulfonamides is 1. The van der Waals surface area contributed by atoms with Crippen molar-refractivity contribution in [3.63, 3.8) is 0 Å². The van der Waals surface area contributed by atoms with Crippen molar-refractivity contribution in [2.24, 2.45) is 0 Å². The lowest BCUT2D eigenvalue weighted by molar-refractivity contribution is -0.119. The molecule has 174 valence electrons. The Kier molecular flexibility index (Phi) is 8.88. The van der Waals surface area contributed by atoms with Crippen LogP contribution in [0, 0.1) is 0 Å². The molecule has 0 spiro atoms. The summed E-state index contributed by atoms with van der Waals surface area (Å²) in [7, 11) is -1.06. The van der Waals surface area contributed by atoms with Crippen LogP contribution >= 0.6 is 11.6 Å². The van der Waals surface area contributed by atoms with Crippen molar-refractivity contribution in [2.45, 2.75) is 18.7 Å². The molecule has 0 radical (unpaired) electrons. The molecule has 2 rings (SSSR count). The van der Waals surface area contributed by atoms with Gasteiger partial charge in [-0.05, 0) is 50.2 Å². The molecule has 2 aromatic rings. The van der Waals surface area contributed by atoms with Crippen molar-refractivity contribution < 1.29 is 32.2 Å². The monoisotopic (exact) mass is 484 g/mol. The molecule has 0 bridgehead atoms. The van der Waals surface area contributed by atoms with Crippen LogP contribution < -0.4 is 14.8 Å². The number of ether oxygens (including phenoxy) is 3. The van der Waals surface area contributed by atoms with E-state index in [4.69, 9.17) is 25.8 Å². The second-order valence-electron chi connectivity index (χ2n) is 6.58. The number of hydrogen-bond donors (Lipinski definition) is 1. The standard InChI is InChI=1S/C21H25ClN2O7S/c1-5-29-17-10-7-14(11-18(17)30-6-2)21(26)31-13-20(25)23-15-8-9-16(22)19(12-15)32(27,28)24(3)4/h7-12H,5-6,13H2,1-4H3,(H,23,25). The summed E-state index contributed by atoms with van der Waals surface area (Å²) in [6.45, 7) is 3.88. The smallest absolute Gasteiger partial charge is 0.338 e. The SMILES string of the molecule is CCOc1ccc(C(=O)OCC(=O)Nc2ccc(Cl)c(S(=O)(=O)N(C)C)c2)cc1OCC. The van der Waals surface area contributed by atoms with Crippen LogP contribution in [0.4, 0.5) is 5.69 Å². The van der Waals surface area contributed by atoms with Gasteiger partial charge in [0.1, 0.15) is 4.90 Å². The van der Waals surface area contributed by atoms with Crippen molar-refractivity contribution in [2.75, 3.05) is 39.2 Å². The number of esters is 1. The van der Waals surface area contributed by atoms with E-state index in [0.717, 1.165) is 4.31 Å². The number of anilines is 1. The van der Waals surface area contributed by atoms with Crippen LogP contribution in [0.3, 0.4) is 0 Å². The van der Waals surface area contributed by atoms with E-state index in [1.165, 1.54) is 44.4 Å². The fraction of sp³-hybridized carbons (Fsp3) is 0.333. The lowest BCUT2D eigenvalue weighted by Gasteiger charge is -2.14. The number of carbonyl (C=O) groups excluding carboxylic acids is 2. The number of amides is 1. The van der Waals surface area contributed by atoms with Gasteiger partial charge in [0.05, 0.1) is 23.8 Å². The van der Waals surface area contributed by atoms with Crippen LogP contribution in [0.5, 0.6) is 11.5 Å². The minimum absolute atomic E-state index is 0.0173. The Morgan fingerprint density at radius 1 is 1.00 bits per heavy atom. The van der Waals surface area contributed by atoms with Gasteiger partial charge in [0.25, 0.3) is 5.91 Å². The molecule has 9 nitrogen and oxygen atoms in total. The molecule has 0 aliphatic rings. The molecule has 0 heterocycles. The van der Waals surface area contributed by atoms with E-state index in [-0.39, 0.29) is 21.2 Å². The Bertz CT molecular complexity index is 1090. The van der Waals surface area contributed by atoms with Crippen molar-refractivity contribution >= 4 is 39.2 Å². The molecule has 0 aliphatic heterocycles. The number of nitrogens with zero attached hydrogens (tertiary/aromatic N) is 1. The predicted octanol–water partition coefficient (Wildman–Crippen LogP) is 3.18. The highest BCUT2D eigenvalue weighted by Gasteiger charge is 2.22. The van der Waals surface area contributed by atoms with Gasteiger partial charge >= 0.3 is 5.97 Å². The summed E-state index contributed by atoms with van der Waals surface area (Å²) in [5.41, 5.74) is 0.381. The molecule has 0 unspecified atom stereocenters. The summed E-state index contributed by atoms with van der Waals surface area (Å²) in [6, 6.07) is 8.60. The third-order valence-electron chi connectivity index (χ3n) is 4.09. The lowest BCUT2D eigenvalue weighted by atomic mass is 10.2. The summed E-state index contributed by atoms with van der Waals surface area (Å²) >= 11 is 5.99. The molecular weight excluding hydrogens is 460 g/mol. The molecule has 0 saturated heterocycles. The fourth-order valence-electron chi connectivity index (χ4n) is 2.57. The summed E-state index contributed by atoms with van der Waals surface area (Å²) < 4.78 is 41.7. The minimum Gasteiger partial charge on any atom is -0.490 e. The van der Waals surface area contributed by atoms with E-state index >= 15 is 0 Å². The molecule has 2 aromatic carbocycles. The van der Waals surface area contributed by atoms with Gasteiger partial charge in [-0.1, -0.05) is 11.6 Å². The van der Waals surface area contributed by atoms with Crippen LogP contribution in [0.15, 0.2) is 41.3 Å². The Morgan fingerprint density at radius 2 is 1.66 bits per heavy atom. The van der Waals surface area contributed by atoms with Gasteiger partial charge in [-0.15, -0.1) is 0 Å². The summed E-state index contributed by atoms with van der Waals surface area (Å²) in [6.07, 6.45) is 0. The molecule has 0 atom stereocenters. The first-order valence-corrected chi connectivity index (χ1v) is 11.5. The number of rotatable bonds is 10. The van der Waals surface area contributed by atoms with E-state index in [1.807, 2.05) is 6.92 Å². The Hall–Kier alpha value is -2.82. The summed E-state index contributed by atoms with van der Waals surface area (Å²) in [5, 5.41) is 2.50. The normalized spacial score (nSPS) is 11.2. The van der Waals surface area contributed by atoms with Crippen molar-refractivity contribution in [1.82, 2.24) is 4.31 Å². The number of nitrogens with one attached hydrogen (secondary N) is 1. The Labute approximate surface area is 192 Å². The molecular formula is C21H25ClN2O7S. The second kappa shape index (κ2) is 11.2. The van der Waals surface area contributed by atoms with Crippen molar-refractivity contribution in [3.8, 4) is 11.5 Å². The number of benzene rings is 2. The zero-order valence-electron chi connectivity index (χ0n) is 18.2. The molecule has 1 amide bonds. The summed E-state index contributed by atoms with van der Waals surface area (Å²) in [5.74, 6) is -0.486. The maximum Gasteiger partial charge on any atom is 0.338 e. The van der Waals surface area contributed by atoms with Crippen LogP contribution in [0.1, 0.15) is 24.2 Å². The average molecular weight is 485 g/mol. The van der Waals surface area contributed by atoms with Crippen LogP contribution in [-0.2, 0) is 19.6 Å². The van der Waals surface area contributed by atoms with Gasteiger partial charge in [-0.2, -0.15) is 0 Å². The van der Waals surface area contributed by atoms with Gasteiger partial charge < -0.3 is 19.5 Å². The first-order valence-electron chi connectivity index (χ1n) is 9.68. The third-order valence-corrected chi connectivity index (χ3v) is 6.38. The first-order chi connectivity index (χ1) is 15.1. The lowest BCUT2D eigenvalue weighted by Crippen LogP contribution is -2.23. The number of carbonyl (C=O) groups is 2. The largest absolute Gasteiger partial charge is 0.490 e. The highest BCUT2D eigenvalue weighted by Crippen LogP contribution is 2.29. The summed E-state index contributed by atoms with van der Waals surface area (Å²) in [4.78, 5) is 24.4. The minimum atomic E-state index is -3.80. The maximum absolute atomic E-state index is 12.3. The van der Waals surface area contributed by atoms with Gasteiger partial charge in [0.15, 0.2) is 18.1 Å². The highest BCUT2D eigenvalue weighted by molar-refractivity contribution is 7.89. The van der Waals surface area contributed by atoms with E-state index in [1.54, 1.807) is 13.0 Å². The van der Waals surface area contributed by atoms with E-state index in [0.29, 0.717) is 24.7 Å². The molecule has 0 aliphatic carbocycles. The maximum atomic E-state index is 12.3. The first kappa shape index (κ1) is 25.4. The van der Waals surface area contributed by atoms with E-state index in [9.17, 15) is 18.0 Å². The third kappa shape index (κ3) is 6.35. The van der Waals surface area contributed by atoms with Crippen LogP contribution in [0.25, 0.3) is 0 Å². The number of hydrogen-bond acceptors (Lipinski definition) is 7. The quantitative estimate of drug-likeness (QED) is 0.515. The van der Waals surface area contributed by atoms with Gasteiger partial charge in [-0.25, -0.2) is 17.5 Å². The van der Waals surface area contributed by atoms with E-state index in [2.05, 4.69) is 5.32 Å². The predicted molar refractivity (Wildman–Crippen MR) is 120 cm³/mol. The number of halogens is 1. The van der Waals surface area contributed by atoms with Gasteiger partial charge in [-0.3, -0.25) is 4.79 Å². The topological polar surface area (TPSA) is 111 Å². The van der Waals surface area contributed by atoms with Crippen LogP contribution in [0.2, 0.25) is 5.02 Å². The Balaban J connectivity index is 2.06. The van der Waals surface area contributed by atoms with Gasteiger partial charge in [0.2, 0.25) is 10.0 Å². The van der Waals surface area contributed by atoms with Crippen molar-refractivity contribution in [3.05, 3.63) is 47.0 Å². The van der Waals surface area contributed by atoms with Crippen LogP contribution in [-0.4, -0.2) is 58.5 Å². The zero-order chi connectivity index (χ0) is 23.9. The molecule has 1 N–H and O–H groups in total. The average Bonchev–Trinajstić information content (AvgIpc) is 2.74.